The van der Waals surface area contributed by atoms with E-state index in [9.17, 15) is 0 Å². The first-order valence-corrected chi connectivity index (χ1v) is 8.10. The minimum atomic E-state index is 0.619. The molecule has 2 nitrogen and oxygen atoms in total. The number of benzene rings is 1. The zero-order valence-electron chi connectivity index (χ0n) is 12.6. The molecule has 0 heterocycles. The molecule has 108 valence electrons. The van der Waals surface area contributed by atoms with E-state index in [-0.39, 0.29) is 0 Å². The molecule has 0 radical (unpaired) electrons. The van der Waals surface area contributed by atoms with Gasteiger partial charge in [0, 0.05) is 23.2 Å². The van der Waals surface area contributed by atoms with Crippen LogP contribution in [0.4, 0.5) is 0 Å². The van der Waals surface area contributed by atoms with Gasteiger partial charge >= 0.3 is 0 Å². The van der Waals surface area contributed by atoms with Crippen molar-refractivity contribution in [2.45, 2.75) is 44.6 Å². The second-order valence-corrected chi connectivity index (χ2v) is 6.52. The van der Waals surface area contributed by atoms with E-state index in [4.69, 9.17) is 4.74 Å². The molecule has 0 spiro atoms. The Balaban J connectivity index is 2.16. The van der Waals surface area contributed by atoms with Crippen LogP contribution in [0.2, 0.25) is 0 Å². The minimum Gasteiger partial charge on any atom is -0.497 e. The first-order chi connectivity index (χ1) is 9.11. The minimum absolute atomic E-state index is 0.619. The van der Waals surface area contributed by atoms with Gasteiger partial charge in [-0.25, -0.2) is 0 Å². The summed E-state index contributed by atoms with van der Waals surface area (Å²) < 4.78 is 5.22. The summed E-state index contributed by atoms with van der Waals surface area (Å²) in [7, 11) is 1.71. The number of hydrogen-bond acceptors (Lipinski definition) is 3. The zero-order valence-corrected chi connectivity index (χ0v) is 13.4. The molecule has 1 N–H and O–H groups in total. The molecule has 0 aliphatic carbocycles. The maximum atomic E-state index is 5.22. The van der Waals surface area contributed by atoms with E-state index in [1.165, 1.54) is 17.7 Å². The van der Waals surface area contributed by atoms with Gasteiger partial charge in [-0.2, -0.15) is 0 Å². The van der Waals surface area contributed by atoms with Gasteiger partial charge < -0.3 is 10.1 Å². The molecule has 0 aliphatic rings. The molecule has 1 unspecified atom stereocenters. The number of rotatable bonds is 9. The third-order valence-corrected chi connectivity index (χ3v) is 4.08. The zero-order chi connectivity index (χ0) is 14.1. The Kier molecular flexibility index (Phi) is 7.99. The average Bonchev–Trinajstić information content (AvgIpc) is 2.41. The lowest BCUT2D eigenvalue weighted by molar-refractivity contribution is 0.413. The fraction of sp³-hybridized carbons (Fsp3) is 0.625. The first kappa shape index (κ1) is 16.4. The van der Waals surface area contributed by atoms with Gasteiger partial charge in [0.25, 0.3) is 0 Å². The van der Waals surface area contributed by atoms with Crippen LogP contribution in [0, 0.1) is 5.92 Å². The predicted octanol–water partition coefficient (Wildman–Crippen LogP) is 4.20. The maximum Gasteiger partial charge on any atom is 0.119 e. The lowest BCUT2D eigenvalue weighted by atomic mass is 10.0. The second kappa shape index (κ2) is 9.27. The SMILES string of the molecule is COc1cccc(SCCNC(C)CCC(C)C)c1. The molecule has 0 amide bonds. The lowest BCUT2D eigenvalue weighted by Gasteiger charge is -2.14. The quantitative estimate of drug-likeness (QED) is 0.541. The highest BCUT2D eigenvalue weighted by Crippen LogP contribution is 2.22. The Morgan fingerprint density at radius 2 is 2.00 bits per heavy atom. The monoisotopic (exact) mass is 281 g/mol. The molecular formula is C16H27NOS. The van der Waals surface area contributed by atoms with Crippen LogP contribution in [-0.4, -0.2) is 25.4 Å². The topological polar surface area (TPSA) is 21.3 Å². The molecule has 19 heavy (non-hydrogen) atoms. The van der Waals surface area contributed by atoms with Crippen molar-refractivity contribution in [2.75, 3.05) is 19.4 Å². The van der Waals surface area contributed by atoms with Crippen LogP contribution in [0.1, 0.15) is 33.6 Å². The van der Waals surface area contributed by atoms with Crippen molar-refractivity contribution in [3.8, 4) is 5.75 Å². The van der Waals surface area contributed by atoms with Crippen molar-refractivity contribution in [3.05, 3.63) is 24.3 Å². The molecule has 1 aromatic carbocycles. The van der Waals surface area contributed by atoms with Gasteiger partial charge in [-0.3, -0.25) is 0 Å². The summed E-state index contributed by atoms with van der Waals surface area (Å²) in [6.45, 7) is 7.90. The summed E-state index contributed by atoms with van der Waals surface area (Å²) >= 11 is 1.87. The summed E-state index contributed by atoms with van der Waals surface area (Å²) in [5, 5.41) is 3.58. The molecule has 1 aromatic rings. The van der Waals surface area contributed by atoms with Gasteiger partial charge in [-0.05, 0) is 43.9 Å². The highest BCUT2D eigenvalue weighted by Gasteiger charge is 2.03. The van der Waals surface area contributed by atoms with Crippen LogP contribution in [0.5, 0.6) is 5.75 Å². The molecule has 1 atom stereocenters. The maximum absolute atomic E-state index is 5.22. The van der Waals surface area contributed by atoms with Crippen molar-refractivity contribution in [1.82, 2.24) is 5.32 Å². The first-order valence-electron chi connectivity index (χ1n) is 7.12. The van der Waals surface area contributed by atoms with E-state index in [0.717, 1.165) is 24.0 Å². The lowest BCUT2D eigenvalue weighted by Crippen LogP contribution is -2.28. The molecule has 0 fully saturated rings. The Hall–Kier alpha value is -0.670. The fourth-order valence-corrected chi connectivity index (χ4v) is 2.68. The molecule has 0 bridgehead atoms. The van der Waals surface area contributed by atoms with E-state index < -0.39 is 0 Å². The van der Waals surface area contributed by atoms with E-state index >= 15 is 0 Å². The van der Waals surface area contributed by atoms with Gasteiger partial charge in [0.15, 0.2) is 0 Å². The van der Waals surface area contributed by atoms with Gasteiger partial charge in [-0.15, -0.1) is 11.8 Å². The van der Waals surface area contributed by atoms with Crippen LogP contribution in [-0.2, 0) is 0 Å². The van der Waals surface area contributed by atoms with Gasteiger partial charge in [-0.1, -0.05) is 19.9 Å². The van der Waals surface area contributed by atoms with Crippen LogP contribution in [0.15, 0.2) is 29.2 Å². The summed E-state index contributed by atoms with van der Waals surface area (Å²) in [6, 6.07) is 8.87. The Morgan fingerprint density at radius 1 is 1.21 bits per heavy atom. The summed E-state index contributed by atoms with van der Waals surface area (Å²) in [4.78, 5) is 1.27. The number of ether oxygens (including phenoxy) is 1. The van der Waals surface area contributed by atoms with E-state index in [2.05, 4.69) is 38.2 Å². The number of hydrogen-bond donors (Lipinski definition) is 1. The number of thioether (sulfide) groups is 1. The third kappa shape index (κ3) is 7.48. The smallest absolute Gasteiger partial charge is 0.119 e. The van der Waals surface area contributed by atoms with Crippen LogP contribution >= 0.6 is 11.8 Å². The van der Waals surface area contributed by atoms with Crippen molar-refractivity contribution < 1.29 is 4.74 Å². The van der Waals surface area contributed by atoms with Crippen LogP contribution < -0.4 is 10.1 Å². The van der Waals surface area contributed by atoms with Gasteiger partial charge in [0.05, 0.1) is 7.11 Å². The third-order valence-electron chi connectivity index (χ3n) is 3.08. The molecule has 0 saturated heterocycles. The van der Waals surface area contributed by atoms with Crippen molar-refractivity contribution in [2.24, 2.45) is 5.92 Å². The molecule has 0 saturated carbocycles. The molecule has 0 aliphatic heterocycles. The van der Waals surface area contributed by atoms with E-state index in [0.29, 0.717) is 6.04 Å². The van der Waals surface area contributed by atoms with Crippen molar-refractivity contribution in [1.29, 1.82) is 0 Å². The van der Waals surface area contributed by atoms with E-state index in [1.807, 2.05) is 23.9 Å². The Labute approximate surface area is 122 Å². The molecule has 0 aromatic heterocycles. The van der Waals surface area contributed by atoms with Crippen molar-refractivity contribution >= 4 is 11.8 Å². The Morgan fingerprint density at radius 3 is 2.68 bits per heavy atom. The second-order valence-electron chi connectivity index (χ2n) is 5.35. The molecular weight excluding hydrogens is 254 g/mol. The summed E-state index contributed by atoms with van der Waals surface area (Å²) in [5.74, 6) is 2.83. The largest absolute Gasteiger partial charge is 0.497 e. The average molecular weight is 281 g/mol. The standard InChI is InChI=1S/C16H27NOS/c1-13(2)8-9-14(3)17-10-11-19-16-7-5-6-15(12-16)18-4/h5-7,12-14,17H,8-11H2,1-4H3. The number of methoxy groups -OCH3 is 1. The molecule has 3 heteroatoms. The Bertz CT molecular complexity index is 354. The predicted molar refractivity (Wildman–Crippen MR) is 85.3 cm³/mol. The normalized spacial score (nSPS) is 12.7. The highest BCUT2D eigenvalue weighted by molar-refractivity contribution is 7.99. The van der Waals surface area contributed by atoms with Gasteiger partial charge in [0.1, 0.15) is 5.75 Å². The van der Waals surface area contributed by atoms with Gasteiger partial charge in [0.2, 0.25) is 0 Å². The summed E-state index contributed by atoms with van der Waals surface area (Å²) in [6.07, 6.45) is 2.57. The van der Waals surface area contributed by atoms with Crippen LogP contribution in [0.3, 0.4) is 0 Å². The van der Waals surface area contributed by atoms with Crippen molar-refractivity contribution in [3.63, 3.8) is 0 Å². The highest BCUT2D eigenvalue weighted by atomic mass is 32.2. The fourth-order valence-electron chi connectivity index (χ4n) is 1.85. The summed E-state index contributed by atoms with van der Waals surface area (Å²) in [5.41, 5.74) is 0. The molecule has 1 rings (SSSR count). The number of nitrogens with one attached hydrogen (secondary N) is 1. The van der Waals surface area contributed by atoms with Crippen LogP contribution in [0.25, 0.3) is 0 Å². The van der Waals surface area contributed by atoms with E-state index in [1.54, 1.807) is 7.11 Å².